The maximum absolute atomic E-state index is 5.83. The molecule has 20 heavy (non-hydrogen) atoms. The van der Waals surface area contributed by atoms with Gasteiger partial charge in [0.15, 0.2) is 0 Å². The van der Waals surface area contributed by atoms with Crippen molar-refractivity contribution in [2.45, 2.75) is 32.4 Å². The molecule has 1 aromatic rings. The number of hydrazine groups is 1. The number of nitrogens with one attached hydrogen (secondary N) is 1. The van der Waals surface area contributed by atoms with Gasteiger partial charge in [0, 0.05) is 31.7 Å². The summed E-state index contributed by atoms with van der Waals surface area (Å²) in [6, 6.07) is 7.45. The summed E-state index contributed by atoms with van der Waals surface area (Å²) in [4.78, 5) is 4.81. The Morgan fingerprint density at radius 2 is 2.00 bits per heavy atom. The molecular formula is C16H28N4. The Morgan fingerprint density at radius 1 is 1.25 bits per heavy atom. The smallest absolute Gasteiger partial charge is 0.0418 e. The SMILES string of the molecule is Cc1ccc(CC(NN)C2CN(C)CCN2C)cc1C. The van der Waals surface area contributed by atoms with Gasteiger partial charge in [-0.25, -0.2) is 0 Å². The Hall–Kier alpha value is -0.940. The Morgan fingerprint density at radius 3 is 2.65 bits per heavy atom. The van der Waals surface area contributed by atoms with Gasteiger partial charge in [-0.2, -0.15) is 0 Å². The maximum Gasteiger partial charge on any atom is 0.0418 e. The van der Waals surface area contributed by atoms with Crippen LogP contribution in [-0.2, 0) is 6.42 Å². The van der Waals surface area contributed by atoms with Gasteiger partial charge in [-0.05, 0) is 51.1 Å². The zero-order valence-electron chi connectivity index (χ0n) is 13.2. The topological polar surface area (TPSA) is 44.5 Å². The fraction of sp³-hybridized carbons (Fsp3) is 0.625. The van der Waals surface area contributed by atoms with Crippen LogP contribution in [0.3, 0.4) is 0 Å². The van der Waals surface area contributed by atoms with E-state index in [0.29, 0.717) is 6.04 Å². The number of nitrogens with two attached hydrogens (primary N) is 1. The van der Waals surface area contributed by atoms with Crippen LogP contribution in [0.4, 0.5) is 0 Å². The fourth-order valence-electron chi connectivity index (χ4n) is 2.97. The van der Waals surface area contributed by atoms with E-state index >= 15 is 0 Å². The predicted octanol–water partition coefficient (Wildman–Crippen LogP) is 0.924. The van der Waals surface area contributed by atoms with Crippen molar-refractivity contribution in [3.05, 3.63) is 34.9 Å². The van der Waals surface area contributed by atoms with E-state index in [1.165, 1.54) is 16.7 Å². The fourth-order valence-corrected chi connectivity index (χ4v) is 2.97. The summed E-state index contributed by atoms with van der Waals surface area (Å²) in [6.07, 6.45) is 0.973. The molecule has 0 aromatic heterocycles. The molecular weight excluding hydrogens is 248 g/mol. The van der Waals surface area contributed by atoms with Crippen LogP contribution in [0.5, 0.6) is 0 Å². The lowest BCUT2D eigenvalue weighted by atomic mass is 9.95. The van der Waals surface area contributed by atoms with Gasteiger partial charge in [-0.3, -0.25) is 16.2 Å². The number of rotatable bonds is 4. The molecule has 4 nitrogen and oxygen atoms in total. The minimum absolute atomic E-state index is 0.282. The van der Waals surface area contributed by atoms with Crippen LogP contribution in [-0.4, -0.2) is 55.6 Å². The molecule has 2 unspecified atom stereocenters. The molecule has 2 atom stereocenters. The molecule has 0 amide bonds. The molecule has 0 aliphatic carbocycles. The molecule has 1 fully saturated rings. The highest BCUT2D eigenvalue weighted by molar-refractivity contribution is 5.30. The summed E-state index contributed by atoms with van der Waals surface area (Å²) in [5, 5.41) is 0. The largest absolute Gasteiger partial charge is 0.303 e. The number of aryl methyl sites for hydroxylation is 2. The van der Waals surface area contributed by atoms with Crippen molar-refractivity contribution in [2.24, 2.45) is 5.84 Å². The van der Waals surface area contributed by atoms with E-state index in [4.69, 9.17) is 5.84 Å². The van der Waals surface area contributed by atoms with Crippen LogP contribution in [0.15, 0.2) is 18.2 Å². The van der Waals surface area contributed by atoms with Gasteiger partial charge in [-0.15, -0.1) is 0 Å². The molecule has 0 spiro atoms. The van der Waals surface area contributed by atoms with Crippen LogP contribution in [0.25, 0.3) is 0 Å². The number of hydrogen-bond donors (Lipinski definition) is 2. The summed E-state index contributed by atoms with van der Waals surface area (Å²) in [5.41, 5.74) is 7.10. The minimum Gasteiger partial charge on any atom is -0.303 e. The van der Waals surface area contributed by atoms with Crippen molar-refractivity contribution in [3.8, 4) is 0 Å². The van der Waals surface area contributed by atoms with Crippen molar-refractivity contribution < 1.29 is 0 Å². The van der Waals surface area contributed by atoms with Gasteiger partial charge >= 0.3 is 0 Å². The lowest BCUT2D eigenvalue weighted by Gasteiger charge is -2.41. The van der Waals surface area contributed by atoms with Crippen LogP contribution >= 0.6 is 0 Å². The second-order valence-electron chi connectivity index (χ2n) is 6.21. The molecule has 2 rings (SSSR count). The molecule has 112 valence electrons. The minimum atomic E-state index is 0.282. The quantitative estimate of drug-likeness (QED) is 0.634. The normalized spacial score (nSPS) is 22.9. The highest BCUT2D eigenvalue weighted by Crippen LogP contribution is 2.16. The summed E-state index contributed by atoms with van der Waals surface area (Å²) in [5.74, 6) is 5.83. The molecule has 1 heterocycles. The van der Waals surface area contributed by atoms with Crippen LogP contribution < -0.4 is 11.3 Å². The van der Waals surface area contributed by atoms with Gasteiger partial charge in [-0.1, -0.05) is 18.2 Å². The van der Waals surface area contributed by atoms with Crippen LogP contribution in [0, 0.1) is 13.8 Å². The monoisotopic (exact) mass is 276 g/mol. The first-order valence-corrected chi connectivity index (χ1v) is 7.42. The summed E-state index contributed by atoms with van der Waals surface area (Å²) in [6.45, 7) is 7.63. The first kappa shape index (κ1) is 15.4. The average molecular weight is 276 g/mol. The van der Waals surface area contributed by atoms with E-state index in [2.05, 4.69) is 61.4 Å². The Bertz CT molecular complexity index is 446. The van der Waals surface area contributed by atoms with Crippen molar-refractivity contribution in [1.82, 2.24) is 15.2 Å². The van der Waals surface area contributed by atoms with Gasteiger partial charge in [0.05, 0.1) is 0 Å². The van der Waals surface area contributed by atoms with Crippen molar-refractivity contribution in [1.29, 1.82) is 0 Å². The number of piperazine rings is 1. The lowest BCUT2D eigenvalue weighted by Crippen LogP contribution is -2.60. The van der Waals surface area contributed by atoms with Gasteiger partial charge in [0.1, 0.15) is 0 Å². The number of hydrogen-bond acceptors (Lipinski definition) is 4. The lowest BCUT2D eigenvalue weighted by molar-refractivity contribution is 0.0877. The first-order chi connectivity index (χ1) is 9.51. The van der Waals surface area contributed by atoms with E-state index < -0.39 is 0 Å². The molecule has 1 aromatic carbocycles. The molecule has 0 saturated carbocycles. The predicted molar refractivity (Wildman–Crippen MR) is 84.6 cm³/mol. The van der Waals surface area contributed by atoms with E-state index in [9.17, 15) is 0 Å². The molecule has 1 saturated heterocycles. The molecule has 0 radical (unpaired) electrons. The van der Waals surface area contributed by atoms with Crippen LogP contribution in [0.1, 0.15) is 16.7 Å². The highest BCUT2D eigenvalue weighted by Gasteiger charge is 2.29. The van der Waals surface area contributed by atoms with E-state index in [-0.39, 0.29) is 6.04 Å². The maximum atomic E-state index is 5.83. The van der Waals surface area contributed by atoms with Crippen molar-refractivity contribution >= 4 is 0 Å². The molecule has 1 aliphatic rings. The summed E-state index contributed by atoms with van der Waals surface area (Å²) < 4.78 is 0. The van der Waals surface area contributed by atoms with E-state index in [1.807, 2.05) is 0 Å². The average Bonchev–Trinajstić information content (AvgIpc) is 2.43. The molecule has 0 bridgehead atoms. The number of nitrogens with zero attached hydrogens (tertiary/aromatic N) is 2. The summed E-state index contributed by atoms with van der Waals surface area (Å²) >= 11 is 0. The molecule has 1 aliphatic heterocycles. The van der Waals surface area contributed by atoms with Crippen molar-refractivity contribution in [2.75, 3.05) is 33.7 Å². The molecule has 4 heteroatoms. The van der Waals surface area contributed by atoms with E-state index in [1.54, 1.807) is 0 Å². The Kier molecular flexibility index (Phi) is 5.16. The van der Waals surface area contributed by atoms with Crippen LogP contribution in [0.2, 0.25) is 0 Å². The number of benzene rings is 1. The third-order valence-electron chi connectivity index (χ3n) is 4.60. The number of likely N-dealkylation sites (N-methyl/N-ethyl adjacent to an activating group) is 2. The highest BCUT2D eigenvalue weighted by atomic mass is 15.3. The Labute approximate surface area is 122 Å². The second-order valence-corrected chi connectivity index (χ2v) is 6.21. The first-order valence-electron chi connectivity index (χ1n) is 7.42. The zero-order valence-corrected chi connectivity index (χ0v) is 13.2. The van der Waals surface area contributed by atoms with Gasteiger partial charge in [0.25, 0.3) is 0 Å². The Balaban J connectivity index is 2.09. The second kappa shape index (κ2) is 6.68. The summed E-state index contributed by atoms with van der Waals surface area (Å²) in [7, 11) is 4.38. The third kappa shape index (κ3) is 3.58. The van der Waals surface area contributed by atoms with Gasteiger partial charge in [0.2, 0.25) is 0 Å². The van der Waals surface area contributed by atoms with Crippen molar-refractivity contribution in [3.63, 3.8) is 0 Å². The van der Waals surface area contributed by atoms with E-state index in [0.717, 1.165) is 26.1 Å². The zero-order chi connectivity index (χ0) is 14.7. The molecule has 3 N–H and O–H groups in total. The standard InChI is InChI=1S/C16H28N4/c1-12-5-6-14(9-13(12)2)10-15(18-17)16-11-19(3)7-8-20(16)4/h5-6,9,15-16,18H,7-8,10-11,17H2,1-4H3. The van der Waals surface area contributed by atoms with Gasteiger partial charge < -0.3 is 4.90 Å². The third-order valence-corrected chi connectivity index (χ3v) is 4.60.